The topological polar surface area (TPSA) is 17.1 Å². The van der Waals surface area contributed by atoms with E-state index < -0.39 is 0 Å². The lowest BCUT2D eigenvalue weighted by Gasteiger charge is -2.03. The van der Waals surface area contributed by atoms with Crippen LogP contribution in [0.5, 0.6) is 0 Å². The Morgan fingerprint density at radius 2 is 1.65 bits per heavy atom. The van der Waals surface area contributed by atoms with Gasteiger partial charge in [0.05, 0.1) is 0 Å². The Bertz CT molecular complexity index is 500. The molecular weight excluding hydrogens is 208 g/mol. The van der Waals surface area contributed by atoms with Crippen molar-refractivity contribution in [2.45, 2.75) is 19.8 Å². The van der Waals surface area contributed by atoms with E-state index in [0.29, 0.717) is 6.42 Å². The van der Waals surface area contributed by atoms with Gasteiger partial charge in [-0.2, -0.15) is 0 Å². The molecule has 0 aromatic heterocycles. The number of hydrogen-bond donors (Lipinski definition) is 0. The second-order valence-corrected chi connectivity index (χ2v) is 4.14. The number of Topliss-reactive ketones (excluding diaryl/α,β-unsaturated/α-hetero) is 1. The first-order chi connectivity index (χ1) is 8.29. The van der Waals surface area contributed by atoms with Crippen molar-refractivity contribution in [1.29, 1.82) is 0 Å². The molecular formula is C16H16O. The lowest BCUT2D eigenvalue weighted by molar-refractivity contribution is 0.0993. The van der Waals surface area contributed by atoms with Crippen molar-refractivity contribution >= 4 is 5.78 Å². The van der Waals surface area contributed by atoms with Gasteiger partial charge in [-0.1, -0.05) is 55.5 Å². The maximum atomic E-state index is 12.1. The third-order valence-electron chi connectivity index (χ3n) is 2.86. The monoisotopic (exact) mass is 224 g/mol. The van der Waals surface area contributed by atoms with E-state index in [1.165, 1.54) is 5.56 Å². The van der Waals surface area contributed by atoms with Crippen molar-refractivity contribution in [2.75, 3.05) is 0 Å². The maximum absolute atomic E-state index is 12.1. The molecule has 0 amide bonds. The predicted octanol–water partition coefficient (Wildman–Crippen LogP) is 3.67. The summed E-state index contributed by atoms with van der Waals surface area (Å²) in [7, 11) is 0. The van der Waals surface area contributed by atoms with Crippen LogP contribution in [-0.4, -0.2) is 5.78 Å². The fraction of sp³-hybridized carbons (Fsp3) is 0.188. The van der Waals surface area contributed by atoms with Gasteiger partial charge in [-0.05, 0) is 23.6 Å². The number of hydrogen-bond acceptors (Lipinski definition) is 1. The van der Waals surface area contributed by atoms with Crippen LogP contribution in [0.15, 0.2) is 54.6 Å². The summed E-state index contributed by atoms with van der Waals surface area (Å²) in [6.45, 7) is 2.10. The van der Waals surface area contributed by atoms with Crippen LogP contribution in [0.3, 0.4) is 0 Å². The largest absolute Gasteiger partial charge is 0.294 e. The van der Waals surface area contributed by atoms with Crippen LogP contribution in [0.1, 0.15) is 28.4 Å². The third-order valence-corrected chi connectivity index (χ3v) is 2.86. The molecule has 1 nitrogen and oxygen atoms in total. The molecule has 0 N–H and O–H groups in total. The Labute approximate surface area is 102 Å². The smallest absolute Gasteiger partial charge is 0.167 e. The zero-order chi connectivity index (χ0) is 12.1. The van der Waals surface area contributed by atoms with Crippen molar-refractivity contribution in [1.82, 2.24) is 0 Å². The van der Waals surface area contributed by atoms with Gasteiger partial charge < -0.3 is 0 Å². The molecule has 1 heteroatoms. The summed E-state index contributed by atoms with van der Waals surface area (Å²) < 4.78 is 0. The molecule has 2 rings (SSSR count). The first kappa shape index (κ1) is 11.6. The van der Waals surface area contributed by atoms with Gasteiger partial charge in [0, 0.05) is 12.0 Å². The zero-order valence-electron chi connectivity index (χ0n) is 10.0. The Morgan fingerprint density at radius 3 is 2.35 bits per heavy atom. The molecule has 0 bridgehead atoms. The minimum atomic E-state index is 0.187. The van der Waals surface area contributed by atoms with Gasteiger partial charge in [-0.15, -0.1) is 0 Å². The van der Waals surface area contributed by atoms with Crippen LogP contribution >= 0.6 is 0 Å². The van der Waals surface area contributed by atoms with E-state index in [0.717, 1.165) is 17.5 Å². The lowest BCUT2D eigenvalue weighted by atomic mass is 10.0. The van der Waals surface area contributed by atoms with Gasteiger partial charge in [0.15, 0.2) is 5.78 Å². The molecule has 0 atom stereocenters. The van der Waals surface area contributed by atoms with E-state index in [9.17, 15) is 4.79 Å². The Hall–Kier alpha value is -1.89. The summed E-state index contributed by atoms with van der Waals surface area (Å²) in [6, 6.07) is 17.8. The van der Waals surface area contributed by atoms with Crippen LogP contribution in [0.4, 0.5) is 0 Å². The normalized spacial score (nSPS) is 10.2. The first-order valence-electron chi connectivity index (χ1n) is 5.95. The standard InChI is InChI=1S/C16H16O/c1-2-13-9-6-10-15(11-13)16(17)12-14-7-4-3-5-8-14/h3-11H,2,12H2,1H3. The Balaban J connectivity index is 2.14. The molecule has 0 fully saturated rings. The molecule has 0 aliphatic rings. The molecule has 0 spiro atoms. The zero-order valence-corrected chi connectivity index (χ0v) is 10.0. The summed E-state index contributed by atoms with van der Waals surface area (Å²) in [5, 5.41) is 0. The molecule has 2 aromatic rings. The van der Waals surface area contributed by atoms with E-state index in [1.807, 2.05) is 48.5 Å². The van der Waals surface area contributed by atoms with Crippen molar-refractivity contribution in [2.24, 2.45) is 0 Å². The number of rotatable bonds is 4. The van der Waals surface area contributed by atoms with Gasteiger partial charge in [-0.3, -0.25) is 4.79 Å². The van der Waals surface area contributed by atoms with Crippen molar-refractivity contribution < 1.29 is 4.79 Å². The highest BCUT2D eigenvalue weighted by Crippen LogP contribution is 2.10. The van der Waals surface area contributed by atoms with Gasteiger partial charge >= 0.3 is 0 Å². The molecule has 2 aromatic carbocycles. The molecule has 0 aliphatic heterocycles. The number of carbonyl (C=O) groups is 1. The lowest BCUT2D eigenvalue weighted by Crippen LogP contribution is -2.03. The highest BCUT2D eigenvalue weighted by atomic mass is 16.1. The quantitative estimate of drug-likeness (QED) is 0.724. The fourth-order valence-corrected chi connectivity index (χ4v) is 1.85. The van der Waals surface area contributed by atoms with Crippen molar-refractivity contribution in [3.8, 4) is 0 Å². The highest BCUT2D eigenvalue weighted by molar-refractivity contribution is 5.97. The van der Waals surface area contributed by atoms with Crippen LogP contribution < -0.4 is 0 Å². The van der Waals surface area contributed by atoms with Crippen LogP contribution in [0.2, 0.25) is 0 Å². The van der Waals surface area contributed by atoms with E-state index in [-0.39, 0.29) is 5.78 Å². The van der Waals surface area contributed by atoms with Gasteiger partial charge in [0.1, 0.15) is 0 Å². The summed E-state index contributed by atoms with van der Waals surface area (Å²) in [5.74, 6) is 0.187. The number of benzene rings is 2. The average Bonchev–Trinajstić information content (AvgIpc) is 2.40. The minimum absolute atomic E-state index is 0.187. The number of carbonyl (C=O) groups excluding carboxylic acids is 1. The summed E-state index contributed by atoms with van der Waals surface area (Å²) in [5.41, 5.74) is 3.09. The molecule has 0 unspecified atom stereocenters. The Morgan fingerprint density at radius 1 is 0.941 bits per heavy atom. The molecule has 17 heavy (non-hydrogen) atoms. The molecule has 86 valence electrons. The SMILES string of the molecule is CCc1cccc(C(=O)Cc2ccccc2)c1. The summed E-state index contributed by atoms with van der Waals surface area (Å²) in [4.78, 5) is 12.1. The molecule has 0 radical (unpaired) electrons. The van der Waals surface area contributed by atoms with Crippen LogP contribution in [0.25, 0.3) is 0 Å². The molecule has 0 heterocycles. The van der Waals surface area contributed by atoms with Crippen LogP contribution in [0, 0.1) is 0 Å². The molecule has 0 saturated heterocycles. The van der Waals surface area contributed by atoms with E-state index >= 15 is 0 Å². The second-order valence-electron chi connectivity index (χ2n) is 4.14. The summed E-state index contributed by atoms with van der Waals surface area (Å²) in [6.07, 6.45) is 1.44. The van der Waals surface area contributed by atoms with E-state index in [4.69, 9.17) is 0 Å². The van der Waals surface area contributed by atoms with E-state index in [1.54, 1.807) is 0 Å². The van der Waals surface area contributed by atoms with E-state index in [2.05, 4.69) is 13.0 Å². The molecule has 0 aliphatic carbocycles. The van der Waals surface area contributed by atoms with Crippen molar-refractivity contribution in [3.05, 3.63) is 71.3 Å². The highest BCUT2D eigenvalue weighted by Gasteiger charge is 2.06. The van der Waals surface area contributed by atoms with Crippen LogP contribution in [-0.2, 0) is 12.8 Å². The number of aryl methyl sites for hydroxylation is 1. The first-order valence-corrected chi connectivity index (χ1v) is 5.95. The average molecular weight is 224 g/mol. The minimum Gasteiger partial charge on any atom is -0.294 e. The number of ketones is 1. The fourth-order valence-electron chi connectivity index (χ4n) is 1.85. The maximum Gasteiger partial charge on any atom is 0.167 e. The van der Waals surface area contributed by atoms with Gasteiger partial charge in [-0.25, -0.2) is 0 Å². The third kappa shape index (κ3) is 3.04. The van der Waals surface area contributed by atoms with Gasteiger partial charge in [0.25, 0.3) is 0 Å². The summed E-state index contributed by atoms with van der Waals surface area (Å²) >= 11 is 0. The van der Waals surface area contributed by atoms with Crippen molar-refractivity contribution in [3.63, 3.8) is 0 Å². The Kier molecular flexibility index (Phi) is 3.71. The second kappa shape index (κ2) is 5.44. The predicted molar refractivity (Wildman–Crippen MR) is 70.3 cm³/mol. The molecule has 0 saturated carbocycles. The van der Waals surface area contributed by atoms with Gasteiger partial charge in [0.2, 0.25) is 0 Å².